The number of carbonyl (C=O) groups excluding carboxylic acids is 5. The number of nitrogens with zero attached hydrogens (tertiary/aromatic N) is 3. The first-order valence-electron chi connectivity index (χ1n) is 18.8. The van der Waals surface area contributed by atoms with E-state index < -0.39 is 52.6 Å². The Morgan fingerprint density at radius 2 is 1.67 bits per heavy atom. The Morgan fingerprint density at radius 3 is 2.39 bits per heavy atom. The average Bonchev–Trinajstić information content (AvgIpc) is 3.55. The molecule has 1 saturated heterocycles. The monoisotopic (exact) mass is 788 g/mol. The SMILES string of the molecule is CC1CCC(=O)CCC(N2C(=O)c3cccc(OCCOCCNc4ccc(CN5CC(C)(C)C(Oc6ccc(C#N)c(C(F)(F)F)c6)C5=O)cc4)c3C2=O)C1=O. The summed E-state index contributed by atoms with van der Waals surface area (Å²) in [5.74, 6) is -2.13. The normalized spacial score (nSPS) is 20.9. The highest BCUT2D eigenvalue weighted by Gasteiger charge is 2.49. The third-order valence-corrected chi connectivity index (χ3v) is 10.5. The Morgan fingerprint density at radius 1 is 0.930 bits per heavy atom. The molecule has 0 radical (unpaired) electrons. The van der Waals surface area contributed by atoms with E-state index in [2.05, 4.69) is 5.32 Å². The molecule has 1 saturated carbocycles. The number of imide groups is 1. The summed E-state index contributed by atoms with van der Waals surface area (Å²) >= 11 is 0. The molecule has 2 aliphatic heterocycles. The number of rotatable bonds is 13. The maximum atomic E-state index is 13.5. The molecule has 3 atom stereocenters. The van der Waals surface area contributed by atoms with Crippen molar-refractivity contribution in [3.63, 3.8) is 0 Å². The van der Waals surface area contributed by atoms with E-state index in [1.54, 1.807) is 24.0 Å². The number of hydrogen-bond donors (Lipinski definition) is 1. The van der Waals surface area contributed by atoms with Gasteiger partial charge in [0.2, 0.25) is 0 Å². The zero-order valence-electron chi connectivity index (χ0n) is 31.8. The Hall–Kier alpha value is -5.75. The third-order valence-electron chi connectivity index (χ3n) is 10.5. The molecule has 0 spiro atoms. The van der Waals surface area contributed by atoms with Crippen LogP contribution in [0.25, 0.3) is 0 Å². The summed E-state index contributed by atoms with van der Waals surface area (Å²) in [4.78, 5) is 68.2. The lowest BCUT2D eigenvalue weighted by Gasteiger charge is -2.29. The van der Waals surface area contributed by atoms with E-state index in [0.29, 0.717) is 32.5 Å². The molecule has 3 aromatic carbocycles. The van der Waals surface area contributed by atoms with Crippen molar-refractivity contribution >= 4 is 35.0 Å². The number of halogens is 3. The smallest absolute Gasteiger partial charge is 0.417 e. The molecule has 2 fully saturated rings. The van der Waals surface area contributed by atoms with Gasteiger partial charge in [-0.3, -0.25) is 28.9 Å². The van der Waals surface area contributed by atoms with E-state index in [4.69, 9.17) is 19.5 Å². The van der Waals surface area contributed by atoms with Crippen LogP contribution in [0.3, 0.4) is 0 Å². The van der Waals surface area contributed by atoms with Crippen molar-refractivity contribution in [2.45, 2.75) is 71.3 Å². The summed E-state index contributed by atoms with van der Waals surface area (Å²) in [5, 5.41) is 12.3. The summed E-state index contributed by atoms with van der Waals surface area (Å²) in [6.45, 7) is 7.01. The van der Waals surface area contributed by atoms with Crippen molar-refractivity contribution in [2.24, 2.45) is 11.3 Å². The van der Waals surface area contributed by atoms with Gasteiger partial charge in [0.05, 0.1) is 47.6 Å². The lowest BCUT2D eigenvalue weighted by Crippen LogP contribution is -2.47. The second kappa shape index (κ2) is 16.8. The van der Waals surface area contributed by atoms with Crippen LogP contribution in [0.4, 0.5) is 18.9 Å². The molecule has 3 unspecified atom stereocenters. The quantitative estimate of drug-likeness (QED) is 0.156. The lowest BCUT2D eigenvalue weighted by molar-refractivity contribution is -0.138. The van der Waals surface area contributed by atoms with Crippen molar-refractivity contribution < 1.29 is 51.4 Å². The number of nitrogens with one attached hydrogen (secondary N) is 1. The van der Waals surface area contributed by atoms with Crippen LogP contribution in [0.5, 0.6) is 11.5 Å². The van der Waals surface area contributed by atoms with E-state index in [0.717, 1.165) is 28.3 Å². The predicted molar refractivity (Wildman–Crippen MR) is 199 cm³/mol. The minimum Gasteiger partial charge on any atom is -0.490 e. The molecule has 0 aromatic heterocycles. The fourth-order valence-corrected chi connectivity index (χ4v) is 7.44. The van der Waals surface area contributed by atoms with Crippen LogP contribution in [-0.2, 0) is 31.8 Å². The predicted octanol–water partition coefficient (Wildman–Crippen LogP) is 6.21. The maximum Gasteiger partial charge on any atom is 0.417 e. The molecule has 6 rings (SSSR count). The van der Waals surface area contributed by atoms with Crippen LogP contribution in [-0.4, -0.2) is 84.1 Å². The molecular formula is C42H43F3N4O8. The first kappa shape index (κ1) is 40.9. The van der Waals surface area contributed by atoms with Gasteiger partial charge in [0.15, 0.2) is 11.9 Å². The van der Waals surface area contributed by atoms with Gasteiger partial charge in [0.25, 0.3) is 17.7 Å². The summed E-state index contributed by atoms with van der Waals surface area (Å²) in [6, 6.07) is 15.7. The van der Waals surface area contributed by atoms with Crippen LogP contribution in [0.1, 0.15) is 83.9 Å². The highest BCUT2D eigenvalue weighted by Crippen LogP contribution is 2.39. The van der Waals surface area contributed by atoms with Gasteiger partial charge in [0, 0.05) is 49.5 Å². The van der Waals surface area contributed by atoms with Crippen molar-refractivity contribution in [2.75, 3.05) is 38.2 Å². The minimum absolute atomic E-state index is 0.00857. The molecule has 3 amide bonds. The van der Waals surface area contributed by atoms with Gasteiger partial charge in [-0.2, -0.15) is 18.4 Å². The molecule has 300 valence electrons. The molecule has 57 heavy (non-hydrogen) atoms. The van der Waals surface area contributed by atoms with Gasteiger partial charge in [0.1, 0.15) is 23.9 Å². The standard InChI is InChI=1S/C42H43F3N4O8/c1-25-7-13-29(50)14-16-33(36(25)51)49-38(52)31-5-4-6-34(35(31)39(49)53)56-20-19-55-18-17-47-28-11-8-26(9-12-28)23-48-24-41(2,3)37(40(48)54)57-30-15-10-27(22-46)32(21-30)42(43,44)45/h4-6,8-12,15,21,25,33,37,47H,7,13-14,16-20,23-24H2,1-3H3. The van der Waals surface area contributed by atoms with Crippen molar-refractivity contribution in [1.82, 2.24) is 9.80 Å². The molecule has 1 N–H and O–H groups in total. The Labute approximate surface area is 327 Å². The van der Waals surface area contributed by atoms with Gasteiger partial charge in [-0.05, 0) is 60.9 Å². The van der Waals surface area contributed by atoms with Crippen molar-refractivity contribution in [3.05, 3.63) is 88.5 Å². The van der Waals surface area contributed by atoms with Gasteiger partial charge in [-0.15, -0.1) is 0 Å². The topological polar surface area (TPSA) is 155 Å². The first-order valence-corrected chi connectivity index (χ1v) is 18.8. The van der Waals surface area contributed by atoms with Crippen LogP contribution < -0.4 is 14.8 Å². The van der Waals surface area contributed by atoms with E-state index in [9.17, 15) is 37.1 Å². The fourth-order valence-electron chi connectivity index (χ4n) is 7.44. The van der Waals surface area contributed by atoms with E-state index in [-0.39, 0.29) is 72.7 Å². The van der Waals surface area contributed by atoms with Crippen LogP contribution in [0, 0.1) is 22.7 Å². The fraction of sp³-hybridized carbons (Fsp3) is 0.429. The van der Waals surface area contributed by atoms with Crippen molar-refractivity contribution in [1.29, 1.82) is 5.26 Å². The number of carbonyl (C=O) groups is 5. The van der Waals surface area contributed by atoms with Gasteiger partial charge in [-0.1, -0.05) is 39.0 Å². The molecule has 3 aromatic rings. The summed E-state index contributed by atoms with van der Waals surface area (Å²) in [6.07, 6.45) is -4.84. The second-order valence-corrected chi connectivity index (χ2v) is 15.2. The number of alkyl halides is 3. The number of ether oxygens (including phenoxy) is 3. The number of benzene rings is 3. The zero-order valence-corrected chi connectivity index (χ0v) is 31.8. The Bertz CT molecular complexity index is 2100. The molecule has 0 bridgehead atoms. The highest BCUT2D eigenvalue weighted by molar-refractivity contribution is 6.24. The number of anilines is 1. The Kier molecular flexibility index (Phi) is 12.0. The summed E-state index contributed by atoms with van der Waals surface area (Å²) in [7, 11) is 0. The largest absolute Gasteiger partial charge is 0.490 e. The summed E-state index contributed by atoms with van der Waals surface area (Å²) < 4.78 is 57.8. The number of fused-ring (bicyclic) bond motifs is 1. The number of Topliss-reactive ketones (excluding diaryl/α,β-unsaturated/α-hetero) is 2. The first-order chi connectivity index (χ1) is 27.1. The van der Waals surface area contributed by atoms with Crippen molar-refractivity contribution in [3.8, 4) is 17.6 Å². The van der Waals surface area contributed by atoms with Gasteiger partial charge in [-0.25, -0.2) is 0 Å². The van der Waals surface area contributed by atoms with Crippen LogP contribution in [0.2, 0.25) is 0 Å². The number of nitriles is 1. The molecule has 2 heterocycles. The zero-order chi connectivity index (χ0) is 41.1. The number of amides is 3. The third kappa shape index (κ3) is 8.96. The maximum absolute atomic E-state index is 13.5. The Balaban J connectivity index is 0.947. The highest BCUT2D eigenvalue weighted by atomic mass is 19.4. The molecular weight excluding hydrogens is 745 g/mol. The lowest BCUT2D eigenvalue weighted by atomic mass is 9.87. The minimum atomic E-state index is -4.75. The molecule has 15 heteroatoms. The molecule has 1 aliphatic carbocycles. The van der Waals surface area contributed by atoms with Gasteiger partial charge >= 0.3 is 6.18 Å². The van der Waals surface area contributed by atoms with E-state index in [1.165, 1.54) is 18.2 Å². The van der Waals surface area contributed by atoms with E-state index >= 15 is 0 Å². The number of ketones is 2. The van der Waals surface area contributed by atoms with Crippen LogP contribution >= 0.6 is 0 Å². The molecule has 3 aliphatic rings. The number of likely N-dealkylation sites (tertiary alicyclic amines) is 1. The second-order valence-electron chi connectivity index (χ2n) is 15.2. The summed E-state index contributed by atoms with van der Waals surface area (Å²) in [5.41, 5.74) is -0.448. The average molecular weight is 789 g/mol. The van der Waals surface area contributed by atoms with E-state index in [1.807, 2.05) is 38.1 Å². The molecule has 12 nitrogen and oxygen atoms in total. The van der Waals surface area contributed by atoms with Crippen LogP contribution in [0.15, 0.2) is 60.7 Å². The number of hydrogen-bond acceptors (Lipinski definition) is 10. The van der Waals surface area contributed by atoms with Gasteiger partial charge < -0.3 is 24.4 Å².